The summed E-state index contributed by atoms with van der Waals surface area (Å²) in [6.45, 7) is 7.40. The predicted octanol–water partition coefficient (Wildman–Crippen LogP) is 4.51. The largest absolute Gasteiger partial charge is 0.464 e. The smallest absolute Gasteiger partial charge is 0.410 e. The van der Waals surface area contributed by atoms with E-state index in [1.807, 2.05) is 64.2 Å². The third-order valence-electron chi connectivity index (χ3n) is 4.88. The summed E-state index contributed by atoms with van der Waals surface area (Å²) in [4.78, 5) is 27.8. The average molecular weight is 427 g/mol. The molecule has 0 aliphatic heterocycles. The SMILES string of the molecule is CC(=O)OCC(CN(C)C(=O)OC(C)(C)C)N(C)C(c1ccccc1)c1ccccc1. The summed E-state index contributed by atoms with van der Waals surface area (Å²) in [7, 11) is 3.69. The van der Waals surface area contributed by atoms with E-state index in [1.54, 1.807) is 7.05 Å². The van der Waals surface area contributed by atoms with Crippen LogP contribution in [-0.4, -0.2) is 60.8 Å². The zero-order valence-electron chi connectivity index (χ0n) is 19.4. The van der Waals surface area contributed by atoms with Crippen molar-refractivity contribution in [3.8, 4) is 0 Å². The topological polar surface area (TPSA) is 59.1 Å². The Hall–Kier alpha value is -2.86. The zero-order chi connectivity index (χ0) is 23.0. The van der Waals surface area contributed by atoms with Gasteiger partial charge in [0.15, 0.2) is 0 Å². The summed E-state index contributed by atoms with van der Waals surface area (Å²) in [5, 5.41) is 0. The molecule has 0 saturated heterocycles. The molecule has 0 aromatic heterocycles. The highest BCUT2D eigenvalue weighted by molar-refractivity contribution is 5.68. The number of likely N-dealkylation sites (N-methyl/N-ethyl adjacent to an activating group) is 2. The summed E-state index contributed by atoms with van der Waals surface area (Å²) < 4.78 is 10.9. The molecule has 0 N–H and O–H groups in total. The van der Waals surface area contributed by atoms with E-state index in [0.29, 0.717) is 6.54 Å². The highest BCUT2D eigenvalue weighted by Crippen LogP contribution is 2.29. The van der Waals surface area contributed by atoms with Crippen LogP contribution >= 0.6 is 0 Å². The second-order valence-corrected chi connectivity index (χ2v) is 8.71. The molecule has 1 atom stereocenters. The number of rotatable bonds is 8. The average Bonchev–Trinajstić information content (AvgIpc) is 2.71. The van der Waals surface area contributed by atoms with Gasteiger partial charge in [0.2, 0.25) is 0 Å². The van der Waals surface area contributed by atoms with Gasteiger partial charge in [0.05, 0.1) is 12.1 Å². The van der Waals surface area contributed by atoms with Crippen LogP contribution < -0.4 is 0 Å². The lowest BCUT2D eigenvalue weighted by Crippen LogP contribution is -2.48. The van der Waals surface area contributed by atoms with Crippen LogP contribution in [-0.2, 0) is 14.3 Å². The van der Waals surface area contributed by atoms with Gasteiger partial charge in [-0.25, -0.2) is 4.79 Å². The Morgan fingerprint density at radius 2 is 1.39 bits per heavy atom. The fourth-order valence-electron chi connectivity index (χ4n) is 3.39. The molecule has 0 spiro atoms. The van der Waals surface area contributed by atoms with E-state index >= 15 is 0 Å². The summed E-state index contributed by atoms with van der Waals surface area (Å²) in [5.41, 5.74) is 1.65. The van der Waals surface area contributed by atoms with Crippen LogP contribution in [0.1, 0.15) is 44.9 Å². The number of hydrogen-bond acceptors (Lipinski definition) is 5. The number of esters is 1. The zero-order valence-corrected chi connectivity index (χ0v) is 19.4. The molecule has 0 aliphatic carbocycles. The van der Waals surface area contributed by atoms with Crippen LogP contribution in [0.15, 0.2) is 60.7 Å². The first-order chi connectivity index (χ1) is 14.6. The van der Waals surface area contributed by atoms with Crippen molar-refractivity contribution in [2.45, 2.75) is 45.4 Å². The molecule has 168 valence electrons. The van der Waals surface area contributed by atoms with Gasteiger partial charge in [-0.2, -0.15) is 0 Å². The van der Waals surface area contributed by atoms with Crippen LogP contribution in [0.4, 0.5) is 4.79 Å². The molecule has 1 amide bonds. The summed E-state index contributed by atoms with van der Waals surface area (Å²) in [5.74, 6) is -0.353. The Kier molecular flexibility index (Phi) is 8.63. The number of carbonyl (C=O) groups excluding carboxylic acids is 2. The fraction of sp³-hybridized carbons (Fsp3) is 0.440. The number of ether oxygens (including phenoxy) is 2. The molecule has 0 aliphatic rings. The molecule has 0 radical (unpaired) electrons. The maximum Gasteiger partial charge on any atom is 0.410 e. The molecule has 0 saturated carbocycles. The molecular weight excluding hydrogens is 392 g/mol. The van der Waals surface area contributed by atoms with Crippen molar-refractivity contribution in [2.75, 3.05) is 27.2 Å². The van der Waals surface area contributed by atoms with Crippen molar-refractivity contribution < 1.29 is 19.1 Å². The van der Waals surface area contributed by atoms with Gasteiger partial charge in [-0.15, -0.1) is 0 Å². The van der Waals surface area contributed by atoms with Crippen LogP contribution in [0.2, 0.25) is 0 Å². The number of benzene rings is 2. The summed E-state index contributed by atoms with van der Waals surface area (Å²) >= 11 is 0. The standard InChI is InChI=1S/C25H34N2O4/c1-19(28)30-18-22(17-26(5)24(29)31-25(2,3)4)27(6)23(20-13-9-7-10-14-20)21-15-11-8-12-16-21/h7-16,22-23H,17-18H2,1-6H3. The normalized spacial score (nSPS) is 12.5. The van der Waals surface area contributed by atoms with Crippen LogP contribution in [0.5, 0.6) is 0 Å². The minimum Gasteiger partial charge on any atom is -0.464 e. The number of carbonyl (C=O) groups is 2. The maximum absolute atomic E-state index is 12.5. The van der Waals surface area contributed by atoms with Crippen LogP contribution in [0.3, 0.4) is 0 Å². The lowest BCUT2D eigenvalue weighted by atomic mass is 9.96. The van der Waals surface area contributed by atoms with Crippen molar-refractivity contribution >= 4 is 12.1 Å². The Labute approximate surface area is 185 Å². The quantitative estimate of drug-likeness (QED) is 0.582. The molecule has 2 rings (SSSR count). The minimum atomic E-state index is -0.584. The van der Waals surface area contributed by atoms with Crippen molar-refractivity contribution in [2.24, 2.45) is 0 Å². The van der Waals surface area contributed by atoms with E-state index in [9.17, 15) is 9.59 Å². The molecule has 0 fully saturated rings. The second-order valence-electron chi connectivity index (χ2n) is 8.71. The highest BCUT2D eigenvalue weighted by Gasteiger charge is 2.30. The Bertz CT molecular complexity index is 794. The van der Waals surface area contributed by atoms with Gasteiger partial charge in [0.1, 0.15) is 12.2 Å². The molecule has 1 unspecified atom stereocenters. The van der Waals surface area contributed by atoms with E-state index in [2.05, 4.69) is 29.2 Å². The summed E-state index contributed by atoms with van der Waals surface area (Å²) in [6.07, 6.45) is -0.412. The van der Waals surface area contributed by atoms with Crippen molar-refractivity contribution in [3.05, 3.63) is 71.8 Å². The molecule has 2 aromatic carbocycles. The van der Waals surface area contributed by atoms with Crippen molar-refractivity contribution in [1.29, 1.82) is 0 Å². The van der Waals surface area contributed by atoms with E-state index in [0.717, 1.165) is 11.1 Å². The molecule has 0 bridgehead atoms. The van der Waals surface area contributed by atoms with Gasteiger partial charge >= 0.3 is 12.1 Å². The molecule has 6 heteroatoms. The van der Waals surface area contributed by atoms with Crippen molar-refractivity contribution in [3.63, 3.8) is 0 Å². The maximum atomic E-state index is 12.5. The first-order valence-electron chi connectivity index (χ1n) is 10.5. The third-order valence-corrected chi connectivity index (χ3v) is 4.88. The van der Waals surface area contributed by atoms with Crippen LogP contribution in [0.25, 0.3) is 0 Å². The van der Waals surface area contributed by atoms with Gasteiger partial charge in [0.25, 0.3) is 0 Å². The monoisotopic (exact) mass is 426 g/mol. The van der Waals surface area contributed by atoms with Crippen LogP contribution in [0, 0.1) is 0 Å². The van der Waals surface area contributed by atoms with E-state index < -0.39 is 11.7 Å². The first kappa shape index (κ1) is 24.4. The van der Waals surface area contributed by atoms with Gasteiger partial charge in [-0.3, -0.25) is 9.69 Å². The molecule has 31 heavy (non-hydrogen) atoms. The van der Waals surface area contributed by atoms with Gasteiger partial charge in [-0.1, -0.05) is 60.7 Å². The Balaban J connectivity index is 2.33. The van der Waals surface area contributed by atoms with E-state index in [4.69, 9.17) is 9.47 Å². The van der Waals surface area contributed by atoms with Gasteiger partial charge in [-0.05, 0) is 38.9 Å². The molecule has 0 heterocycles. The van der Waals surface area contributed by atoms with Gasteiger partial charge in [0, 0.05) is 20.5 Å². The lowest BCUT2D eigenvalue weighted by molar-refractivity contribution is -0.143. The van der Waals surface area contributed by atoms with Gasteiger partial charge < -0.3 is 14.4 Å². The fourth-order valence-corrected chi connectivity index (χ4v) is 3.39. The number of hydrogen-bond donors (Lipinski definition) is 0. The minimum absolute atomic E-state index is 0.0741. The predicted molar refractivity (Wildman–Crippen MR) is 122 cm³/mol. The third kappa shape index (κ3) is 7.72. The number of nitrogens with zero attached hydrogens (tertiary/aromatic N) is 2. The Morgan fingerprint density at radius 1 is 0.903 bits per heavy atom. The van der Waals surface area contributed by atoms with E-state index in [-0.39, 0.29) is 24.7 Å². The molecule has 6 nitrogen and oxygen atoms in total. The van der Waals surface area contributed by atoms with E-state index in [1.165, 1.54) is 11.8 Å². The Morgan fingerprint density at radius 3 is 1.81 bits per heavy atom. The highest BCUT2D eigenvalue weighted by atomic mass is 16.6. The molecular formula is C25H34N2O4. The lowest BCUT2D eigenvalue weighted by Gasteiger charge is -2.37. The summed E-state index contributed by atoms with van der Waals surface area (Å²) in [6, 6.07) is 20.0. The second kappa shape index (κ2) is 11.0. The number of amides is 1. The first-order valence-corrected chi connectivity index (χ1v) is 10.5. The van der Waals surface area contributed by atoms with Crippen molar-refractivity contribution in [1.82, 2.24) is 9.80 Å². The molecule has 2 aromatic rings.